The van der Waals surface area contributed by atoms with E-state index in [4.69, 9.17) is 25.7 Å². The van der Waals surface area contributed by atoms with E-state index in [1.165, 1.54) is 6.20 Å². The molecular formula is C20H22N6O4. The van der Waals surface area contributed by atoms with E-state index in [9.17, 15) is 4.79 Å². The molecule has 0 saturated heterocycles. The molecule has 0 fully saturated rings. The van der Waals surface area contributed by atoms with Gasteiger partial charge in [-0.3, -0.25) is 0 Å². The van der Waals surface area contributed by atoms with Crippen LogP contribution in [0, 0.1) is 0 Å². The Morgan fingerprint density at radius 1 is 1.03 bits per heavy atom. The van der Waals surface area contributed by atoms with Crippen LogP contribution in [0.4, 0.5) is 33.6 Å². The highest BCUT2D eigenvalue weighted by Crippen LogP contribution is 2.25. The number of nitrogen functional groups attached to an aromatic ring is 1. The van der Waals surface area contributed by atoms with Crippen LogP contribution < -0.4 is 31.6 Å². The third kappa shape index (κ3) is 5.97. The van der Waals surface area contributed by atoms with Crippen LogP contribution in [0.3, 0.4) is 0 Å². The van der Waals surface area contributed by atoms with Gasteiger partial charge in [-0.1, -0.05) is 6.07 Å². The molecule has 3 aromatic rings. The first kappa shape index (κ1) is 20.7. The van der Waals surface area contributed by atoms with Crippen molar-refractivity contribution in [1.29, 1.82) is 0 Å². The molecule has 10 heteroatoms. The van der Waals surface area contributed by atoms with Gasteiger partial charge in [0.2, 0.25) is 5.95 Å². The molecule has 0 radical (unpaired) electrons. The summed E-state index contributed by atoms with van der Waals surface area (Å²) in [6.45, 7) is 0.998. The molecule has 0 spiro atoms. The number of hydrogen-bond donors (Lipinski definition) is 4. The number of primary amides is 1. The fraction of sp³-hybridized carbons (Fsp3) is 0.150. The Hall–Kier alpha value is -4.05. The van der Waals surface area contributed by atoms with Crippen molar-refractivity contribution in [3.63, 3.8) is 0 Å². The third-order valence-corrected chi connectivity index (χ3v) is 3.80. The van der Waals surface area contributed by atoms with E-state index in [1.807, 2.05) is 24.3 Å². The topological polar surface area (TPSA) is 147 Å². The SMILES string of the molecule is COCCOc1ccc(Nc2ncc(N)c(Nc3cccc(OC(N)=O)c3)n2)cc1. The van der Waals surface area contributed by atoms with E-state index in [-0.39, 0.29) is 0 Å². The smallest absolute Gasteiger partial charge is 0.409 e. The Labute approximate surface area is 173 Å². The lowest BCUT2D eigenvalue weighted by Crippen LogP contribution is -2.16. The summed E-state index contributed by atoms with van der Waals surface area (Å²) in [6.07, 6.45) is 0.596. The van der Waals surface area contributed by atoms with Gasteiger partial charge in [0.25, 0.3) is 0 Å². The van der Waals surface area contributed by atoms with Crippen molar-refractivity contribution in [1.82, 2.24) is 9.97 Å². The molecule has 156 valence electrons. The number of aromatic nitrogens is 2. The molecule has 1 aromatic heterocycles. The molecule has 30 heavy (non-hydrogen) atoms. The number of nitrogens with two attached hydrogens (primary N) is 2. The molecule has 3 rings (SSSR count). The van der Waals surface area contributed by atoms with Gasteiger partial charge >= 0.3 is 6.09 Å². The predicted octanol–water partition coefficient (Wildman–Crippen LogP) is 3.03. The van der Waals surface area contributed by atoms with E-state index in [0.29, 0.717) is 42.1 Å². The Morgan fingerprint density at radius 3 is 2.57 bits per heavy atom. The molecule has 0 aliphatic heterocycles. The predicted molar refractivity (Wildman–Crippen MR) is 113 cm³/mol. The highest BCUT2D eigenvalue weighted by molar-refractivity contribution is 5.72. The number of anilines is 5. The second-order valence-corrected chi connectivity index (χ2v) is 6.06. The lowest BCUT2D eigenvalue weighted by atomic mass is 10.3. The van der Waals surface area contributed by atoms with Crippen molar-refractivity contribution in [3.05, 3.63) is 54.7 Å². The van der Waals surface area contributed by atoms with Crippen molar-refractivity contribution in [2.75, 3.05) is 36.7 Å². The van der Waals surface area contributed by atoms with Crippen LogP contribution in [0.15, 0.2) is 54.7 Å². The van der Waals surface area contributed by atoms with Crippen molar-refractivity contribution in [3.8, 4) is 11.5 Å². The molecule has 0 unspecified atom stereocenters. The molecule has 0 aliphatic rings. The fourth-order valence-corrected chi connectivity index (χ4v) is 2.45. The van der Waals surface area contributed by atoms with Crippen LogP contribution in [-0.2, 0) is 4.74 Å². The van der Waals surface area contributed by atoms with Crippen molar-refractivity contribution >= 4 is 34.9 Å². The average Bonchev–Trinajstić information content (AvgIpc) is 2.72. The number of methoxy groups -OCH3 is 1. The van der Waals surface area contributed by atoms with E-state index in [0.717, 1.165) is 11.4 Å². The van der Waals surface area contributed by atoms with Gasteiger partial charge in [0, 0.05) is 24.6 Å². The number of rotatable bonds is 9. The number of amides is 1. The van der Waals surface area contributed by atoms with E-state index >= 15 is 0 Å². The zero-order valence-electron chi connectivity index (χ0n) is 16.3. The molecule has 1 amide bonds. The van der Waals surface area contributed by atoms with Gasteiger partial charge < -0.3 is 36.3 Å². The molecule has 1 heterocycles. The van der Waals surface area contributed by atoms with Crippen molar-refractivity contribution in [2.45, 2.75) is 0 Å². The Kier molecular flexibility index (Phi) is 6.85. The maximum Gasteiger partial charge on any atom is 0.409 e. The average molecular weight is 410 g/mol. The number of benzene rings is 2. The second kappa shape index (κ2) is 9.94. The molecule has 0 bridgehead atoms. The van der Waals surface area contributed by atoms with Gasteiger partial charge in [0.1, 0.15) is 18.1 Å². The molecule has 0 aliphatic carbocycles. The number of hydrogen-bond acceptors (Lipinski definition) is 9. The fourth-order valence-electron chi connectivity index (χ4n) is 2.45. The summed E-state index contributed by atoms with van der Waals surface area (Å²) in [5.74, 6) is 1.77. The van der Waals surface area contributed by atoms with Crippen LogP contribution in [0.5, 0.6) is 11.5 Å². The van der Waals surface area contributed by atoms with Crippen LogP contribution >= 0.6 is 0 Å². The summed E-state index contributed by atoms with van der Waals surface area (Å²) in [5, 5.41) is 6.18. The summed E-state index contributed by atoms with van der Waals surface area (Å²) in [6, 6.07) is 14.0. The summed E-state index contributed by atoms with van der Waals surface area (Å²) >= 11 is 0. The molecule has 2 aromatic carbocycles. The Bertz CT molecular complexity index is 997. The third-order valence-electron chi connectivity index (χ3n) is 3.80. The number of carbonyl (C=O) groups excluding carboxylic acids is 1. The van der Waals surface area contributed by atoms with Gasteiger partial charge in [0.15, 0.2) is 5.82 Å². The van der Waals surface area contributed by atoms with E-state index in [1.54, 1.807) is 31.4 Å². The standard InChI is InChI=1S/C20H22N6O4/c1-28-9-10-29-15-7-5-13(6-8-15)25-20-23-12-17(21)18(26-20)24-14-3-2-4-16(11-14)30-19(22)27/h2-8,11-12H,9-10,21H2,1H3,(H2,22,27)(H2,23,24,25,26). The van der Waals surface area contributed by atoms with Crippen LogP contribution in [0.1, 0.15) is 0 Å². The minimum atomic E-state index is -0.893. The Balaban J connectivity index is 1.68. The van der Waals surface area contributed by atoms with Gasteiger partial charge in [0.05, 0.1) is 18.5 Å². The summed E-state index contributed by atoms with van der Waals surface area (Å²) in [4.78, 5) is 19.5. The monoisotopic (exact) mass is 410 g/mol. The van der Waals surface area contributed by atoms with Crippen LogP contribution in [0.2, 0.25) is 0 Å². The maximum atomic E-state index is 10.9. The van der Waals surface area contributed by atoms with Crippen molar-refractivity contribution < 1.29 is 19.0 Å². The molecule has 6 N–H and O–H groups in total. The van der Waals surface area contributed by atoms with Crippen LogP contribution in [0.25, 0.3) is 0 Å². The van der Waals surface area contributed by atoms with Gasteiger partial charge in [-0.25, -0.2) is 9.78 Å². The van der Waals surface area contributed by atoms with Gasteiger partial charge in [-0.2, -0.15) is 4.98 Å². The van der Waals surface area contributed by atoms with Crippen LogP contribution in [-0.4, -0.2) is 36.4 Å². The molecule has 10 nitrogen and oxygen atoms in total. The second-order valence-electron chi connectivity index (χ2n) is 6.06. The van der Waals surface area contributed by atoms with Gasteiger partial charge in [-0.05, 0) is 36.4 Å². The first-order chi connectivity index (χ1) is 14.5. The molecular weight excluding hydrogens is 388 g/mol. The number of nitrogens with one attached hydrogen (secondary N) is 2. The van der Waals surface area contributed by atoms with E-state index in [2.05, 4.69) is 20.6 Å². The largest absolute Gasteiger partial charge is 0.491 e. The van der Waals surface area contributed by atoms with E-state index < -0.39 is 6.09 Å². The summed E-state index contributed by atoms with van der Waals surface area (Å²) in [5.41, 5.74) is 12.8. The number of carbonyl (C=O) groups is 1. The molecule has 0 atom stereocenters. The number of ether oxygens (including phenoxy) is 3. The first-order valence-corrected chi connectivity index (χ1v) is 8.99. The quantitative estimate of drug-likeness (QED) is 0.391. The molecule has 0 saturated carbocycles. The highest BCUT2D eigenvalue weighted by atomic mass is 16.5. The summed E-state index contributed by atoms with van der Waals surface area (Å²) in [7, 11) is 1.62. The van der Waals surface area contributed by atoms with Crippen molar-refractivity contribution in [2.24, 2.45) is 5.73 Å². The Morgan fingerprint density at radius 2 is 1.83 bits per heavy atom. The lowest BCUT2D eigenvalue weighted by Gasteiger charge is -2.12. The maximum absolute atomic E-state index is 10.9. The number of nitrogens with zero attached hydrogens (tertiary/aromatic N) is 2. The zero-order chi connectivity index (χ0) is 21.3. The first-order valence-electron chi connectivity index (χ1n) is 8.99. The normalized spacial score (nSPS) is 10.3. The summed E-state index contributed by atoms with van der Waals surface area (Å²) < 4.78 is 15.4. The highest BCUT2D eigenvalue weighted by Gasteiger charge is 2.07. The minimum Gasteiger partial charge on any atom is -0.491 e. The zero-order valence-corrected chi connectivity index (χ0v) is 16.3. The van der Waals surface area contributed by atoms with Gasteiger partial charge in [-0.15, -0.1) is 0 Å². The minimum absolute atomic E-state index is 0.297. The lowest BCUT2D eigenvalue weighted by molar-refractivity contribution is 0.146.